The third kappa shape index (κ3) is 32.8. The molecule has 0 aromatic carbocycles. The van der Waals surface area contributed by atoms with Crippen molar-refractivity contribution in [1.82, 2.24) is 0 Å². The van der Waals surface area contributed by atoms with Gasteiger partial charge < -0.3 is 42.9 Å². The number of halogens is 2. The average molecular weight is 755 g/mol. The molecule has 0 saturated carbocycles. The lowest BCUT2D eigenvalue weighted by atomic mass is 10.0. The Morgan fingerprint density at radius 2 is 0.614 bits per heavy atom. The van der Waals surface area contributed by atoms with Gasteiger partial charge in [-0.3, -0.25) is 0 Å². The van der Waals surface area contributed by atoms with Crippen molar-refractivity contribution in [1.29, 1.82) is 0 Å². The van der Waals surface area contributed by atoms with Gasteiger partial charge in [0.1, 0.15) is 12.6 Å². The second-order valence-electron chi connectivity index (χ2n) is 15.6. The van der Waals surface area contributed by atoms with Crippen molar-refractivity contribution in [3.8, 4) is 0 Å². The van der Waals surface area contributed by atoms with Crippen LogP contribution in [0.2, 0.25) is 0 Å². The number of unbranched alkanes of at least 4 members (excludes halogenated alkanes) is 25. The van der Waals surface area contributed by atoms with Crippen molar-refractivity contribution in [2.45, 2.75) is 213 Å². The average Bonchev–Trinajstić information content (AvgIpc) is 2.95. The second kappa shape index (κ2) is 35.2. The summed E-state index contributed by atoms with van der Waals surface area (Å²) in [6.07, 6.45) is 41.8. The fraction of sp³-hybridized carbons (Fsp3) is 1.00. The molecule has 0 radical (unpaired) electrons. The van der Waals surface area contributed by atoms with E-state index in [1.54, 1.807) is 0 Å². The Morgan fingerprint density at radius 3 is 0.955 bits per heavy atom. The molecule has 0 heterocycles. The normalized spacial score (nSPS) is 12.6. The first-order valence-corrected chi connectivity index (χ1v) is 19.9. The van der Waals surface area contributed by atoms with Crippen molar-refractivity contribution >= 4 is 0 Å². The van der Waals surface area contributed by atoms with E-state index in [2.05, 4.69) is 49.0 Å². The standard InChI is InChI=1S/C40H86N2.2BrH/c1-8-11-14-17-20-23-25-28-31-34-37-41(4,5)39-40(36-33-30-27-22-19-16-13-10-3)42(6,7)38-35-32-29-26-24-21-18-15-12-9-2;;/h40H,8-39H2,1-7H3;2*1H/q+2;;/p-2. The molecule has 0 aliphatic heterocycles. The van der Waals surface area contributed by atoms with Gasteiger partial charge in [0.15, 0.2) is 0 Å². The molecule has 0 aliphatic carbocycles. The molecule has 0 N–H and O–H groups in total. The largest absolute Gasteiger partial charge is 1.00 e. The summed E-state index contributed by atoms with van der Waals surface area (Å²) in [5.74, 6) is 0. The summed E-state index contributed by atoms with van der Waals surface area (Å²) in [6.45, 7) is 11.1. The lowest BCUT2D eigenvalue weighted by Gasteiger charge is -2.42. The molecule has 2 nitrogen and oxygen atoms in total. The van der Waals surface area contributed by atoms with Crippen molar-refractivity contribution in [3.63, 3.8) is 0 Å². The molecule has 0 aromatic rings. The number of hydrogen-bond acceptors (Lipinski definition) is 0. The number of quaternary nitrogens is 2. The first-order chi connectivity index (χ1) is 20.3. The zero-order valence-corrected chi connectivity index (χ0v) is 35.0. The molecule has 0 aromatic heterocycles. The Balaban J connectivity index is -0.00000840. The van der Waals surface area contributed by atoms with Crippen molar-refractivity contribution < 1.29 is 42.9 Å². The number of hydrogen-bond donors (Lipinski definition) is 0. The third-order valence-electron chi connectivity index (χ3n) is 10.3. The Kier molecular flexibility index (Phi) is 39.4. The van der Waals surface area contributed by atoms with Crippen LogP contribution < -0.4 is 34.0 Å². The van der Waals surface area contributed by atoms with Gasteiger partial charge in [0.05, 0.1) is 41.3 Å². The van der Waals surface area contributed by atoms with Gasteiger partial charge in [0.2, 0.25) is 0 Å². The molecule has 44 heavy (non-hydrogen) atoms. The van der Waals surface area contributed by atoms with Crippen LogP contribution in [0.5, 0.6) is 0 Å². The summed E-state index contributed by atoms with van der Waals surface area (Å²) < 4.78 is 2.46. The van der Waals surface area contributed by atoms with Crippen LogP contribution in [0.25, 0.3) is 0 Å². The zero-order valence-electron chi connectivity index (χ0n) is 31.9. The maximum Gasteiger partial charge on any atom is 0.138 e. The van der Waals surface area contributed by atoms with Gasteiger partial charge in [0.25, 0.3) is 0 Å². The quantitative estimate of drug-likeness (QED) is 0.0497. The van der Waals surface area contributed by atoms with E-state index in [0.29, 0.717) is 0 Å². The molecule has 1 atom stereocenters. The zero-order chi connectivity index (χ0) is 31.2. The second-order valence-corrected chi connectivity index (χ2v) is 15.6. The van der Waals surface area contributed by atoms with Crippen molar-refractivity contribution in [2.75, 3.05) is 47.8 Å². The van der Waals surface area contributed by atoms with E-state index in [1.807, 2.05) is 0 Å². The van der Waals surface area contributed by atoms with Gasteiger partial charge in [-0.25, -0.2) is 0 Å². The highest BCUT2D eigenvalue weighted by Gasteiger charge is 2.33. The molecule has 0 aliphatic rings. The molecule has 0 amide bonds. The highest BCUT2D eigenvalue weighted by atomic mass is 79.9. The van der Waals surface area contributed by atoms with E-state index >= 15 is 0 Å². The highest BCUT2D eigenvalue weighted by Crippen LogP contribution is 2.22. The van der Waals surface area contributed by atoms with Gasteiger partial charge in [-0.1, -0.05) is 168 Å². The van der Waals surface area contributed by atoms with E-state index in [0.717, 1.165) is 6.04 Å². The van der Waals surface area contributed by atoms with Gasteiger partial charge >= 0.3 is 0 Å². The number of nitrogens with zero attached hydrogens (tertiary/aromatic N) is 2. The Labute approximate surface area is 302 Å². The SMILES string of the molecule is CCCCCCCCCCCC[N+](C)(C)CC(CCCCCCCCCC)[N+](C)(C)CCCCCCCCCCCC.[Br-].[Br-]. The molecular formula is C40H86Br2N2. The summed E-state index contributed by atoms with van der Waals surface area (Å²) in [5, 5.41) is 0. The van der Waals surface area contributed by atoms with Crippen LogP contribution in [0.15, 0.2) is 0 Å². The van der Waals surface area contributed by atoms with Crippen LogP contribution in [0.4, 0.5) is 0 Å². The molecule has 270 valence electrons. The lowest BCUT2D eigenvalue weighted by Crippen LogP contribution is -3.00. The van der Waals surface area contributed by atoms with E-state index in [4.69, 9.17) is 0 Å². The minimum Gasteiger partial charge on any atom is -1.00 e. The Hall–Kier alpha value is 0.880. The topological polar surface area (TPSA) is 0 Å². The minimum atomic E-state index is 0. The molecule has 1 unspecified atom stereocenters. The third-order valence-corrected chi connectivity index (χ3v) is 10.3. The predicted octanol–water partition coefficient (Wildman–Crippen LogP) is 6.89. The van der Waals surface area contributed by atoms with E-state index < -0.39 is 0 Å². The summed E-state index contributed by atoms with van der Waals surface area (Å²) >= 11 is 0. The monoisotopic (exact) mass is 753 g/mol. The molecule has 0 saturated heterocycles. The van der Waals surface area contributed by atoms with Crippen LogP contribution in [0.1, 0.15) is 207 Å². The van der Waals surface area contributed by atoms with Crippen LogP contribution in [0.3, 0.4) is 0 Å². The van der Waals surface area contributed by atoms with Gasteiger partial charge in [0, 0.05) is 6.42 Å². The summed E-state index contributed by atoms with van der Waals surface area (Å²) in [6, 6.07) is 0.807. The summed E-state index contributed by atoms with van der Waals surface area (Å²) in [4.78, 5) is 0. The van der Waals surface area contributed by atoms with Crippen molar-refractivity contribution in [2.24, 2.45) is 0 Å². The van der Waals surface area contributed by atoms with Crippen LogP contribution in [-0.4, -0.2) is 62.8 Å². The minimum absolute atomic E-state index is 0. The molecule has 0 fully saturated rings. The van der Waals surface area contributed by atoms with Gasteiger partial charge in [-0.15, -0.1) is 0 Å². The Bertz CT molecular complexity index is 537. The number of rotatable bonds is 34. The fourth-order valence-corrected chi connectivity index (χ4v) is 7.05. The highest BCUT2D eigenvalue weighted by molar-refractivity contribution is 4.61. The van der Waals surface area contributed by atoms with Crippen LogP contribution in [-0.2, 0) is 0 Å². The maximum absolute atomic E-state index is 2.57. The molecule has 0 bridgehead atoms. The maximum atomic E-state index is 2.57. The predicted molar refractivity (Wildman–Crippen MR) is 194 cm³/mol. The van der Waals surface area contributed by atoms with Crippen LogP contribution >= 0.6 is 0 Å². The lowest BCUT2D eigenvalue weighted by molar-refractivity contribution is -0.965. The fourth-order valence-electron chi connectivity index (χ4n) is 7.05. The summed E-state index contributed by atoms with van der Waals surface area (Å²) in [5.41, 5.74) is 0. The first-order valence-electron chi connectivity index (χ1n) is 19.9. The van der Waals surface area contributed by atoms with Crippen LogP contribution in [0, 0.1) is 0 Å². The first kappa shape index (κ1) is 49.3. The molecule has 0 rings (SSSR count). The molecule has 0 spiro atoms. The number of likely N-dealkylation sites (N-methyl/N-ethyl adjacent to an activating group) is 2. The van der Waals surface area contributed by atoms with E-state index in [1.165, 1.54) is 215 Å². The van der Waals surface area contributed by atoms with E-state index in [-0.39, 0.29) is 34.0 Å². The van der Waals surface area contributed by atoms with Crippen molar-refractivity contribution in [3.05, 3.63) is 0 Å². The van der Waals surface area contributed by atoms with E-state index in [9.17, 15) is 0 Å². The molecule has 4 heteroatoms. The Morgan fingerprint density at radius 1 is 0.341 bits per heavy atom. The van der Waals surface area contributed by atoms with Gasteiger partial charge in [-0.05, 0) is 32.1 Å². The molecular weight excluding hydrogens is 668 g/mol. The summed E-state index contributed by atoms with van der Waals surface area (Å²) in [7, 11) is 10.2. The van der Waals surface area contributed by atoms with Gasteiger partial charge in [-0.2, -0.15) is 0 Å². The smallest absolute Gasteiger partial charge is 0.138 e.